The molecule has 3 unspecified atom stereocenters. The number of carbonyl (C=O) groups excluding carboxylic acids is 2. The summed E-state index contributed by atoms with van der Waals surface area (Å²) in [5.41, 5.74) is 13.3. The van der Waals surface area contributed by atoms with E-state index in [1.807, 2.05) is 30.5 Å². The maximum absolute atomic E-state index is 13.3. The van der Waals surface area contributed by atoms with Crippen molar-refractivity contribution in [3.63, 3.8) is 0 Å². The number of rotatable bonds is 10. The van der Waals surface area contributed by atoms with Crippen molar-refractivity contribution in [2.45, 2.75) is 56.7 Å². The molecule has 7 N–H and O–H groups in total. The topological polar surface area (TPSA) is 155 Å². The SMILES string of the molecule is NCCCCC(N)C(=O)NC(Cc1c[nH]c2ccccc12)C(=O)N1CCCC1C(=O)O. The highest BCUT2D eigenvalue weighted by Gasteiger charge is 2.38. The van der Waals surface area contributed by atoms with Crippen LogP contribution in [0.1, 0.15) is 37.7 Å². The number of carboxylic acids is 1. The lowest BCUT2D eigenvalue weighted by Crippen LogP contribution is -2.55. The van der Waals surface area contributed by atoms with Gasteiger partial charge >= 0.3 is 5.97 Å². The van der Waals surface area contributed by atoms with Crippen molar-refractivity contribution in [2.75, 3.05) is 13.1 Å². The molecule has 1 fully saturated rings. The van der Waals surface area contributed by atoms with Crippen LogP contribution in [0.3, 0.4) is 0 Å². The van der Waals surface area contributed by atoms with Gasteiger partial charge in [0.1, 0.15) is 12.1 Å². The van der Waals surface area contributed by atoms with Crippen LogP contribution in [-0.4, -0.2) is 64.0 Å². The van der Waals surface area contributed by atoms with Crippen LogP contribution in [0.5, 0.6) is 0 Å². The molecular weight excluding hydrogens is 398 g/mol. The van der Waals surface area contributed by atoms with Crippen LogP contribution in [0.25, 0.3) is 10.9 Å². The van der Waals surface area contributed by atoms with Gasteiger partial charge in [0.2, 0.25) is 11.8 Å². The highest BCUT2D eigenvalue weighted by molar-refractivity contribution is 5.93. The number of hydrogen-bond donors (Lipinski definition) is 5. The molecule has 2 heterocycles. The van der Waals surface area contributed by atoms with Crippen LogP contribution in [0, 0.1) is 0 Å². The third kappa shape index (κ3) is 5.42. The zero-order valence-electron chi connectivity index (χ0n) is 17.5. The fraction of sp³-hybridized carbons (Fsp3) is 0.500. The first-order valence-electron chi connectivity index (χ1n) is 10.8. The molecule has 1 aromatic heterocycles. The van der Waals surface area contributed by atoms with Gasteiger partial charge in [-0.3, -0.25) is 9.59 Å². The van der Waals surface area contributed by atoms with Gasteiger partial charge in [-0.15, -0.1) is 0 Å². The molecule has 1 aliphatic heterocycles. The van der Waals surface area contributed by atoms with Crippen molar-refractivity contribution in [1.29, 1.82) is 0 Å². The number of nitrogens with two attached hydrogens (primary N) is 2. The molecule has 3 atom stereocenters. The van der Waals surface area contributed by atoms with Gasteiger partial charge in [0, 0.05) is 30.1 Å². The summed E-state index contributed by atoms with van der Waals surface area (Å²) in [7, 11) is 0. The van der Waals surface area contributed by atoms with E-state index in [1.165, 1.54) is 4.90 Å². The summed E-state index contributed by atoms with van der Waals surface area (Å²) >= 11 is 0. The van der Waals surface area contributed by atoms with E-state index in [9.17, 15) is 19.5 Å². The van der Waals surface area contributed by atoms with E-state index in [4.69, 9.17) is 11.5 Å². The van der Waals surface area contributed by atoms with E-state index in [0.717, 1.165) is 29.3 Å². The van der Waals surface area contributed by atoms with Crippen LogP contribution in [0.2, 0.25) is 0 Å². The molecule has 2 amide bonds. The molecule has 2 aromatic rings. The van der Waals surface area contributed by atoms with Crippen molar-refractivity contribution >= 4 is 28.7 Å². The van der Waals surface area contributed by atoms with Crippen molar-refractivity contribution in [2.24, 2.45) is 11.5 Å². The van der Waals surface area contributed by atoms with Crippen LogP contribution >= 0.6 is 0 Å². The van der Waals surface area contributed by atoms with Crippen molar-refractivity contribution in [3.8, 4) is 0 Å². The number of nitrogens with one attached hydrogen (secondary N) is 2. The standard InChI is InChI=1S/C22H31N5O4/c23-10-4-3-7-16(24)20(28)26-18(21(29)27-11-5-9-19(27)22(30)31)12-14-13-25-17-8-2-1-6-15(14)17/h1-2,6,8,13,16,18-19,25H,3-5,7,9-12,23-24H2,(H,26,28)(H,30,31). The number of carbonyl (C=O) groups is 3. The molecular formula is C22H31N5O4. The molecule has 1 aromatic carbocycles. The van der Waals surface area contributed by atoms with E-state index in [0.29, 0.717) is 32.4 Å². The lowest BCUT2D eigenvalue weighted by atomic mass is 10.0. The predicted molar refractivity (Wildman–Crippen MR) is 117 cm³/mol. The average Bonchev–Trinajstić information content (AvgIpc) is 3.40. The number of likely N-dealkylation sites (tertiary alicyclic amines) is 1. The van der Waals surface area contributed by atoms with Gasteiger partial charge in [-0.1, -0.05) is 24.6 Å². The Morgan fingerprint density at radius 1 is 1.26 bits per heavy atom. The molecule has 0 aliphatic carbocycles. The number of H-pyrrole nitrogens is 1. The summed E-state index contributed by atoms with van der Waals surface area (Å²) < 4.78 is 0. The molecule has 0 saturated carbocycles. The van der Waals surface area contributed by atoms with E-state index in [1.54, 1.807) is 0 Å². The zero-order valence-corrected chi connectivity index (χ0v) is 17.5. The molecule has 9 heteroatoms. The first-order valence-corrected chi connectivity index (χ1v) is 10.8. The maximum Gasteiger partial charge on any atom is 0.326 e. The number of benzene rings is 1. The Hall–Kier alpha value is -2.91. The number of hydrogen-bond acceptors (Lipinski definition) is 5. The molecule has 1 aliphatic rings. The zero-order chi connectivity index (χ0) is 22.4. The number of para-hydroxylation sites is 1. The van der Waals surface area contributed by atoms with E-state index >= 15 is 0 Å². The van der Waals surface area contributed by atoms with Crippen molar-refractivity contribution in [1.82, 2.24) is 15.2 Å². The number of amides is 2. The molecule has 168 valence electrons. The van der Waals surface area contributed by atoms with Gasteiger partial charge in [-0.05, 0) is 43.9 Å². The second-order valence-corrected chi connectivity index (χ2v) is 8.04. The minimum Gasteiger partial charge on any atom is -0.480 e. The smallest absolute Gasteiger partial charge is 0.326 e. The Balaban J connectivity index is 1.80. The van der Waals surface area contributed by atoms with Crippen molar-refractivity contribution < 1.29 is 19.5 Å². The summed E-state index contributed by atoms with van der Waals surface area (Å²) in [6.45, 7) is 0.889. The number of aromatic amines is 1. The van der Waals surface area contributed by atoms with Gasteiger partial charge < -0.3 is 31.8 Å². The van der Waals surface area contributed by atoms with E-state index in [-0.39, 0.29) is 6.42 Å². The van der Waals surface area contributed by atoms with Gasteiger partial charge in [-0.2, -0.15) is 0 Å². The lowest BCUT2D eigenvalue weighted by molar-refractivity contribution is -0.149. The number of aliphatic carboxylic acids is 1. The highest BCUT2D eigenvalue weighted by atomic mass is 16.4. The number of unbranched alkanes of at least 4 members (excludes halogenated alkanes) is 1. The van der Waals surface area contributed by atoms with Gasteiger partial charge in [-0.25, -0.2) is 4.79 Å². The molecule has 1 saturated heterocycles. The Kier molecular flexibility index (Phi) is 7.64. The Bertz CT molecular complexity index is 928. The first kappa shape index (κ1) is 22.8. The predicted octanol–water partition coefficient (Wildman–Crippen LogP) is 0.727. The number of aromatic nitrogens is 1. The Morgan fingerprint density at radius 3 is 2.77 bits per heavy atom. The summed E-state index contributed by atoms with van der Waals surface area (Å²) in [4.78, 5) is 42.2. The van der Waals surface area contributed by atoms with Gasteiger partial charge in [0.15, 0.2) is 0 Å². The molecule has 3 rings (SSSR count). The third-order valence-corrected chi connectivity index (χ3v) is 5.84. The van der Waals surface area contributed by atoms with Crippen LogP contribution in [0.4, 0.5) is 0 Å². The monoisotopic (exact) mass is 429 g/mol. The second-order valence-electron chi connectivity index (χ2n) is 8.04. The molecule has 0 bridgehead atoms. The van der Waals surface area contributed by atoms with Crippen LogP contribution in [-0.2, 0) is 20.8 Å². The minimum atomic E-state index is -1.03. The van der Waals surface area contributed by atoms with Gasteiger partial charge in [0.05, 0.1) is 6.04 Å². The lowest BCUT2D eigenvalue weighted by Gasteiger charge is -2.28. The quantitative estimate of drug-likeness (QED) is 0.351. The molecule has 9 nitrogen and oxygen atoms in total. The summed E-state index contributed by atoms with van der Waals surface area (Å²) in [6, 6.07) is 5.18. The number of carboxylic acid groups (broad SMARTS) is 1. The Morgan fingerprint density at radius 2 is 2.03 bits per heavy atom. The van der Waals surface area contributed by atoms with E-state index < -0.39 is 35.9 Å². The molecule has 0 spiro atoms. The first-order chi connectivity index (χ1) is 14.9. The highest BCUT2D eigenvalue weighted by Crippen LogP contribution is 2.23. The fourth-order valence-electron chi connectivity index (χ4n) is 4.13. The number of fused-ring (bicyclic) bond motifs is 1. The molecule has 31 heavy (non-hydrogen) atoms. The maximum atomic E-state index is 13.3. The fourth-order valence-corrected chi connectivity index (χ4v) is 4.13. The van der Waals surface area contributed by atoms with Gasteiger partial charge in [0.25, 0.3) is 0 Å². The van der Waals surface area contributed by atoms with Crippen LogP contribution < -0.4 is 16.8 Å². The minimum absolute atomic E-state index is 0.243. The summed E-state index contributed by atoms with van der Waals surface area (Å²) in [5.74, 6) is -1.83. The normalized spacial score (nSPS) is 18.1. The van der Waals surface area contributed by atoms with E-state index in [2.05, 4.69) is 10.3 Å². The second kappa shape index (κ2) is 10.4. The summed E-state index contributed by atoms with van der Waals surface area (Å²) in [6.07, 6.45) is 5.05. The largest absolute Gasteiger partial charge is 0.480 e. The molecule has 0 radical (unpaired) electrons. The third-order valence-electron chi connectivity index (χ3n) is 5.84. The van der Waals surface area contributed by atoms with Crippen LogP contribution in [0.15, 0.2) is 30.5 Å². The Labute approximate surface area is 181 Å². The summed E-state index contributed by atoms with van der Waals surface area (Å²) in [5, 5.41) is 13.2. The van der Waals surface area contributed by atoms with Crippen molar-refractivity contribution in [3.05, 3.63) is 36.0 Å². The number of nitrogens with zero attached hydrogens (tertiary/aromatic N) is 1. The average molecular weight is 430 g/mol.